The van der Waals surface area contributed by atoms with Crippen LogP contribution in [0.25, 0.3) is 0 Å². The summed E-state index contributed by atoms with van der Waals surface area (Å²) in [4.78, 5) is 23.4. The number of rotatable bonds is 6. The van der Waals surface area contributed by atoms with E-state index in [1.807, 2.05) is 12.1 Å². The molecule has 0 atom stereocenters. The van der Waals surface area contributed by atoms with Crippen LogP contribution in [0.15, 0.2) is 54.6 Å². The Morgan fingerprint density at radius 3 is 2.42 bits per heavy atom. The SMILES string of the molecule is CN(c1ccccc1)C1CCN(CCc2cccc(P(=O)(O)O)c2)CC1. The molecule has 0 bridgehead atoms. The van der Waals surface area contributed by atoms with Crippen LogP contribution in [0.5, 0.6) is 0 Å². The van der Waals surface area contributed by atoms with E-state index in [4.69, 9.17) is 0 Å². The molecule has 2 aromatic carbocycles. The molecule has 0 saturated carbocycles. The molecule has 2 N–H and O–H groups in total. The number of hydrogen-bond acceptors (Lipinski definition) is 3. The highest BCUT2D eigenvalue weighted by molar-refractivity contribution is 7.60. The monoisotopic (exact) mass is 374 g/mol. The molecule has 0 radical (unpaired) electrons. The third kappa shape index (κ3) is 4.95. The van der Waals surface area contributed by atoms with Gasteiger partial charge in [0.15, 0.2) is 0 Å². The highest BCUT2D eigenvalue weighted by atomic mass is 31.2. The number of hydrogen-bond donors (Lipinski definition) is 2. The predicted molar refractivity (Wildman–Crippen MR) is 106 cm³/mol. The lowest BCUT2D eigenvalue weighted by atomic mass is 10.0. The van der Waals surface area contributed by atoms with Gasteiger partial charge in [-0.25, -0.2) is 0 Å². The normalized spacial score (nSPS) is 16.6. The van der Waals surface area contributed by atoms with Crippen molar-refractivity contribution in [3.63, 3.8) is 0 Å². The van der Waals surface area contributed by atoms with Crippen molar-refractivity contribution >= 4 is 18.6 Å². The molecule has 2 aromatic rings. The molecule has 1 aliphatic rings. The largest absolute Gasteiger partial charge is 0.372 e. The van der Waals surface area contributed by atoms with E-state index >= 15 is 0 Å². The third-order valence-electron chi connectivity index (χ3n) is 5.23. The van der Waals surface area contributed by atoms with Gasteiger partial charge in [-0.2, -0.15) is 0 Å². The van der Waals surface area contributed by atoms with Crippen molar-refractivity contribution in [3.05, 3.63) is 60.2 Å². The van der Waals surface area contributed by atoms with E-state index in [0.717, 1.165) is 44.5 Å². The molecule has 0 aromatic heterocycles. The van der Waals surface area contributed by atoms with Crippen molar-refractivity contribution in [1.29, 1.82) is 0 Å². The first kappa shape index (κ1) is 19.1. The molecule has 1 heterocycles. The average Bonchev–Trinajstić information content (AvgIpc) is 2.66. The van der Waals surface area contributed by atoms with Gasteiger partial charge in [0.1, 0.15) is 0 Å². The number of benzene rings is 2. The minimum atomic E-state index is -4.17. The second-order valence-electron chi connectivity index (χ2n) is 6.98. The first-order valence-corrected chi connectivity index (χ1v) is 10.7. The molecular formula is C20H27N2O3P. The van der Waals surface area contributed by atoms with Gasteiger partial charge >= 0.3 is 7.60 Å². The molecule has 1 aliphatic heterocycles. The van der Waals surface area contributed by atoms with Crippen LogP contribution in [0.2, 0.25) is 0 Å². The second kappa shape index (κ2) is 8.36. The topological polar surface area (TPSA) is 64.0 Å². The minimum Gasteiger partial charge on any atom is -0.372 e. The molecule has 0 aliphatic carbocycles. The summed E-state index contributed by atoms with van der Waals surface area (Å²) < 4.78 is 11.4. The zero-order valence-electron chi connectivity index (χ0n) is 15.2. The Bertz CT molecular complexity index is 755. The predicted octanol–water partition coefficient (Wildman–Crippen LogP) is 2.63. The second-order valence-corrected chi connectivity index (χ2v) is 8.59. The van der Waals surface area contributed by atoms with Crippen LogP contribution in [0.1, 0.15) is 18.4 Å². The van der Waals surface area contributed by atoms with Gasteiger partial charge in [0, 0.05) is 38.4 Å². The Morgan fingerprint density at radius 1 is 1.08 bits per heavy atom. The summed E-state index contributed by atoms with van der Waals surface area (Å²) in [7, 11) is -2.00. The fourth-order valence-electron chi connectivity index (χ4n) is 3.58. The quantitative estimate of drug-likeness (QED) is 0.761. The molecule has 1 fully saturated rings. The Morgan fingerprint density at radius 2 is 1.77 bits per heavy atom. The molecule has 3 rings (SSSR count). The molecule has 5 nitrogen and oxygen atoms in total. The van der Waals surface area contributed by atoms with Gasteiger partial charge in [-0.3, -0.25) is 4.57 Å². The van der Waals surface area contributed by atoms with Crippen molar-refractivity contribution in [1.82, 2.24) is 4.90 Å². The maximum absolute atomic E-state index is 11.4. The number of para-hydroxylation sites is 1. The van der Waals surface area contributed by atoms with Crippen LogP contribution in [-0.2, 0) is 11.0 Å². The molecule has 1 saturated heterocycles. The summed E-state index contributed by atoms with van der Waals surface area (Å²) in [5.41, 5.74) is 2.24. The number of likely N-dealkylation sites (tertiary alicyclic amines) is 1. The standard InChI is InChI=1S/C20H27N2O3P/c1-21(18-7-3-2-4-8-18)19-11-14-22(15-12-19)13-10-17-6-5-9-20(16-17)26(23,24)25/h2-9,16,19H,10-15H2,1H3,(H2,23,24,25). The maximum atomic E-state index is 11.4. The number of piperidine rings is 1. The highest BCUT2D eigenvalue weighted by Crippen LogP contribution is 2.33. The van der Waals surface area contributed by atoms with E-state index < -0.39 is 7.60 Å². The fraction of sp³-hybridized carbons (Fsp3) is 0.400. The average molecular weight is 374 g/mol. The Hall–Kier alpha value is -1.65. The van der Waals surface area contributed by atoms with Gasteiger partial charge < -0.3 is 19.6 Å². The van der Waals surface area contributed by atoms with Gasteiger partial charge in [0.2, 0.25) is 0 Å². The summed E-state index contributed by atoms with van der Waals surface area (Å²) in [6.07, 6.45) is 3.08. The first-order valence-electron chi connectivity index (χ1n) is 9.09. The highest BCUT2D eigenvalue weighted by Gasteiger charge is 2.22. The zero-order valence-corrected chi connectivity index (χ0v) is 16.1. The van der Waals surface area contributed by atoms with Gasteiger partial charge in [-0.1, -0.05) is 30.3 Å². The fourth-order valence-corrected chi connectivity index (χ4v) is 4.20. The van der Waals surface area contributed by atoms with Crippen molar-refractivity contribution in [2.75, 3.05) is 31.6 Å². The van der Waals surface area contributed by atoms with Crippen molar-refractivity contribution < 1.29 is 14.4 Å². The number of anilines is 1. The minimum absolute atomic E-state index is 0.109. The molecule has 6 heteroatoms. The van der Waals surface area contributed by atoms with Crippen LogP contribution in [-0.4, -0.2) is 47.4 Å². The molecule has 140 valence electrons. The van der Waals surface area contributed by atoms with Gasteiger partial charge in [0.05, 0.1) is 5.30 Å². The molecule has 0 spiro atoms. The lowest BCUT2D eigenvalue weighted by molar-refractivity contribution is 0.213. The van der Waals surface area contributed by atoms with Crippen LogP contribution in [0.3, 0.4) is 0 Å². The smallest absolute Gasteiger partial charge is 0.356 e. The lowest BCUT2D eigenvalue weighted by Gasteiger charge is -2.38. The van der Waals surface area contributed by atoms with Crippen molar-refractivity contribution in [2.45, 2.75) is 25.3 Å². The van der Waals surface area contributed by atoms with Crippen LogP contribution >= 0.6 is 7.60 Å². The summed E-state index contributed by atoms with van der Waals surface area (Å²) in [5.74, 6) is 0. The summed E-state index contributed by atoms with van der Waals surface area (Å²) >= 11 is 0. The summed E-state index contributed by atoms with van der Waals surface area (Å²) in [5, 5.41) is 0.109. The van der Waals surface area contributed by atoms with E-state index in [0.29, 0.717) is 6.04 Å². The van der Waals surface area contributed by atoms with Crippen molar-refractivity contribution in [2.24, 2.45) is 0 Å². The summed E-state index contributed by atoms with van der Waals surface area (Å²) in [6, 6.07) is 17.9. The first-order chi connectivity index (χ1) is 12.4. The zero-order chi connectivity index (χ0) is 18.6. The summed E-state index contributed by atoms with van der Waals surface area (Å²) in [6.45, 7) is 3.03. The van der Waals surface area contributed by atoms with Gasteiger partial charge in [0.25, 0.3) is 0 Å². The lowest BCUT2D eigenvalue weighted by Crippen LogP contribution is -2.44. The maximum Gasteiger partial charge on any atom is 0.356 e. The molecular weight excluding hydrogens is 347 g/mol. The third-order valence-corrected chi connectivity index (χ3v) is 6.18. The Balaban J connectivity index is 1.50. The molecule has 0 amide bonds. The van der Waals surface area contributed by atoms with Crippen LogP contribution in [0.4, 0.5) is 5.69 Å². The van der Waals surface area contributed by atoms with E-state index in [-0.39, 0.29) is 5.30 Å². The Kier molecular flexibility index (Phi) is 6.15. The van der Waals surface area contributed by atoms with E-state index in [1.165, 1.54) is 11.8 Å². The Labute approximate surface area is 155 Å². The van der Waals surface area contributed by atoms with E-state index in [9.17, 15) is 14.4 Å². The van der Waals surface area contributed by atoms with Gasteiger partial charge in [-0.15, -0.1) is 0 Å². The van der Waals surface area contributed by atoms with Gasteiger partial charge in [-0.05, 0) is 49.1 Å². The molecule has 26 heavy (non-hydrogen) atoms. The van der Waals surface area contributed by atoms with Crippen LogP contribution in [0, 0.1) is 0 Å². The van der Waals surface area contributed by atoms with Crippen molar-refractivity contribution in [3.8, 4) is 0 Å². The van der Waals surface area contributed by atoms with E-state index in [2.05, 4.69) is 41.1 Å². The van der Waals surface area contributed by atoms with E-state index in [1.54, 1.807) is 12.1 Å². The molecule has 0 unspecified atom stereocenters. The van der Waals surface area contributed by atoms with Crippen LogP contribution < -0.4 is 10.2 Å². The number of nitrogens with zero attached hydrogens (tertiary/aromatic N) is 2.